The van der Waals surface area contributed by atoms with E-state index in [1.807, 2.05) is 68.4 Å². The Hall–Kier alpha value is -2.40. The summed E-state index contributed by atoms with van der Waals surface area (Å²) >= 11 is 0. The van der Waals surface area contributed by atoms with Crippen molar-refractivity contribution in [3.8, 4) is 0 Å². The van der Waals surface area contributed by atoms with Crippen molar-refractivity contribution in [2.24, 2.45) is 11.8 Å². The minimum atomic E-state index is -3.86. The Kier molecular flexibility index (Phi) is 9.74. The molecule has 0 unspecified atom stereocenters. The predicted molar refractivity (Wildman–Crippen MR) is 157 cm³/mol. The molecular weight excluding hydrogens is 560 g/mol. The molecule has 2 aliphatic rings. The minimum absolute atomic E-state index is 0.0218. The number of aryl methyl sites for hydroxylation is 2. The fourth-order valence-corrected chi connectivity index (χ4v) is 8.04. The van der Waals surface area contributed by atoms with Gasteiger partial charge in [0, 0.05) is 23.2 Å². The SMILES string of the molecule is Cc1ccc([S@](=O)[C@H]2C[C@@H](COCc3ccccc3)CO[C@]23CC[C@@H](COS(=O)(=O)c2ccc(C)cc2)CO3)cc1. The second-order valence-electron chi connectivity index (χ2n) is 11.1. The van der Waals surface area contributed by atoms with Gasteiger partial charge in [0.15, 0.2) is 5.79 Å². The molecule has 5 rings (SSSR count). The molecule has 2 heterocycles. The van der Waals surface area contributed by atoms with Crippen LogP contribution in [0.1, 0.15) is 36.0 Å². The molecule has 0 saturated carbocycles. The molecular formula is C32H38O7S2. The van der Waals surface area contributed by atoms with Gasteiger partial charge >= 0.3 is 0 Å². The number of ether oxygens (including phenoxy) is 3. The lowest BCUT2D eigenvalue weighted by molar-refractivity contribution is -0.288. The molecule has 41 heavy (non-hydrogen) atoms. The van der Waals surface area contributed by atoms with E-state index in [0.717, 1.165) is 21.6 Å². The Balaban J connectivity index is 1.23. The maximum absolute atomic E-state index is 14.0. The second kappa shape index (κ2) is 13.3. The average Bonchev–Trinajstić information content (AvgIpc) is 2.99. The number of hydrogen-bond acceptors (Lipinski definition) is 7. The molecule has 0 radical (unpaired) electrons. The van der Waals surface area contributed by atoms with E-state index in [2.05, 4.69) is 0 Å². The fourth-order valence-electron chi connectivity index (χ4n) is 5.30. The molecule has 9 heteroatoms. The minimum Gasteiger partial charge on any atom is -0.376 e. The Morgan fingerprint density at radius 3 is 2.12 bits per heavy atom. The summed E-state index contributed by atoms with van der Waals surface area (Å²) < 4.78 is 63.5. The standard InChI is InChI=1S/C32H38O7S2/c1-24-8-12-29(13-9-24)40(33)31-18-28(20-36-19-26-6-4-3-5-7-26)22-38-32(31)17-16-27(21-37-32)23-39-41(34,35)30-14-10-25(2)11-15-30/h3-15,27-28,31H,16-23H2,1-2H3/t27-,28+,31+,32-,40+/m1/s1. The third-order valence-corrected chi connectivity index (χ3v) is 10.9. The van der Waals surface area contributed by atoms with Crippen molar-refractivity contribution in [2.45, 2.75) is 60.5 Å². The zero-order chi connectivity index (χ0) is 28.9. The summed E-state index contributed by atoms with van der Waals surface area (Å²) in [6.45, 7) is 5.65. The molecule has 2 saturated heterocycles. The number of rotatable bonds is 10. The van der Waals surface area contributed by atoms with Gasteiger partial charge in [-0.1, -0.05) is 65.7 Å². The van der Waals surface area contributed by atoms with Crippen molar-refractivity contribution < 1.29 is 31.0 Å². The van der Waals surface area contributed by atoms with Crippen LogP contribution in [0.4, 0.5) is 0 Å². The quantitative estimate of drug-likeness (QED) is 0.282. The molecule has 0 amide bonds. The molecule has 0 bridgehead atoms. The lowest BCUT2D eigenvalue weighted by atomic mass is 9.88. The molecule has 3 aromatic carbocycles. The summed E-state index contributed by atoms with van der Waals surface area (Å²) in [5.74, 6) is -1.05. The van der Waals surface area contributed by atoms with E-state index in [1.54, 1.807) is 24.3 Å². The molecule has 5 atom stereocenters. The van der Waals surface area contributed by atoms with Crippen LogP contribution in [0.5, 0.6) is 0 Å². The summed E-state index contributed by atoms with van der Waals surface area (Å²) in [6, 6.07) is 24.4. The Labute approximate surface area is 245 Å². The molecule has 2 fully saturated rings. The monoisotopic (exact) mass is 598 g/mol. The number of hydrogen-bond donors (Lipinski definition) is 0. The molecule has 2 aliphatic heterocycles. The van der Waals surface area contributed by atoms with Gasteiger partial charge in [-0.3, -0.25) is 8.39 Å². The fraction of sp³-hybridized carbons (Fsp3) is 0.438. The lowest BCUT2D eigenvalue weighted by Crippen LogP contribution is -2.57. The van der Waals surface area contributed by atoms with Gasteiger partial charge in [0.1, 0.15) is 0 Å². The van der Waals surface area contributed by atoms with E-state index in [9.17, 15) is 12.6 Å². The Morgan fingerprint density at radius 2 is 1.49 bits per heavy atom. The van der Waals surface area contributed by atoms with Crippen LogP contribution in [0.3, 0.4) is 0 Å². The zero-order valence-corrected chi connectivity index (χ0v) is 25.2. The van der Waals surface area contributed by atoms with Gasteiger partial charge < -0.3 is 14.2 Å². The van der Waals surface area contributed by atoms with Crippen LogP contribution in [0.2, 0.25) is 0 Å². The first kappa shape index (κ1) is 30.1. The third kappa shape index (κ3) is 7.52. The van der Waals surface area contributed by atoms with Crippen molar-refractivity contribution in [3.63, 3.8) is 0 Å². The summed E-state index contributed by atoms with van der Waals surface area (Å²) in [5, 5.41) is -0.387. The van der Waals surface area contributed by atoms with Crippen molar-refractivity contribution >= 4 is 20.9 Å². The summed E-state index contributed by atoms with van der Waals surface area (Å²) in [6.07, 6.45) is 1.78. The molecule has 0 N–H and O–H groups in total. The molecule has 0 aromatic heterocycles. The smallest absolute Gasteiger partial charge is 0.296 e. The van der Waals surface area contributed by atoms with Gasteiger partial charge in [0.25, 0.3) is 10.1 Å². The second-order valence-corrected chi connectivity index (χ2v) is 14.3. The van der Waals surface area contributed by atoms with Gasteiger partial charge in [-0.25, -0.2) is 0 Å². The highest BCUT2D eigenvalue weighted by molar-refractivity contribution is 7.86. The molecule has 1 spiro atoms. The van der Waals surface area contributed by atoms with Crippen molar-refractivity contribution in [3.05, 3.63) is 95.6 Å². The van der Waals surface area contributed by atoms with E-state index in [1.165, 1.54) is 0 Å². The highest BCUT2D eigenvalue weighted by atomic mass is 32.2. The van der Waals surface area contributed by atoms with Crippen LogP contribution in [-0.2, 0) is 45.9 Å². The van der Waals surface area contributed by atoms with Crippen LogP contribution in [-0.4, -0.2) is 50.1 Å². The normalized spacial score (nSPS) is 25.7. The van der Waals surface area contributed by atoms with Gasteiger partial charge in [-0.2, -0.15) is 8.42 Å². The third-order valence-electron chi connectivity index (χ3n) is 7.81. The van der Waals surface area contributed by atoms with Crippen LogP contribution in [0.15, 0.2) is 88.7 Å². The molecule has 0 aliphatic carbocycles. The van der Waals surface area contributed by atoms with Crippen molar-refractivity contribution in [1.82, 2.24) is 0 Å². The first-order valence-electron chi connectivity index (χ1n) is 14.1. The summed E-state index contributed by atoms with van der Waals surface area (Å²) in [7, 11) is -5.23. The Morgan fingerprint density at radius 1 is 0.854 bits per heavy atom. The van der Waals surface area contributed by atoms with E-state index in [-0.39, 0.29) is 35.2 Å². The lowest BCUT2D eigenvalue weighted by Gasteiger charge is -2.48. The summed E-state index contributed by atoms with van der Waals surface area (Å²) in [4.78, 5) is 0.883. The molecule has 3 aromatic rings. The first-order valence-corrected chi connectivity index (χ1v) is 16.7. The van der Waals surface area contributed by atoms with Gasteiger partial charge in [-0.05, 0) is 56.5 Å². The van der Waals surface area contributed by atoms with Crippen LogP contribution in [0.25, 0.3) is 0 Å². The van der Waals surface area contributed by atoms with E-state index in [0.29, 0.717) is 39.1 Å². The predicted octanol–water partition coefficient (Wildman–Crippen LogP) is 5.56. The topological polar surface area (TPSA) is 88.1 Å². The van der Waals surface area contributed by atoms with Crippen LogP contribution >= 0.6 is 0 Å². The zero-order valence-electron chi connectivity index (χ0n) is 23.6. The van der Waals surface area contributed by atoms with Gasteiger partial charge in [0.05, 0.1) is 54.0 Å². The first-order chi connectivity index (χ1) is 19.7. The highest BCUT2D eigenvalue weighted by Gasteiger charge is 2.51. The maximum Gasteiger partial charge on any atom is 0.296 e. The maximum atomic E-state index is 14.0. The van der Waals surface area contributed by atoms with Crippen molar-refractivity contribution in [1.29, 1.82) is 0 Å². The van der Waals surface area contributed by atoms with Gasteiger partial charge in [-0.15, -0.1) is 0 Å². The molecule has 220 valence electrons. The van der Waals surface area contributed by atoms with E-state index in [4.69, 9.17) is 18.4 Å². The highest BCUT2D eigenvalue weighted by Crippen LogP contribution is 2.42. The average molecular weight is 599 g/mol. The van der Waals surface area contributed by atoms with Crippen LogP contribution < -0.4 is 0 Å². The van der Waals surface area contributed by atoms with Crippen LogP contribution in [0, 0.1) is 25.7 Å². The van der Waals surface area contributed by atoms with Gasteiger partial charge in [0.2, 0.25) is 0 Å². The van der Waals surface area contributed by atoms with Crippen molar-refractivity contribution in [2.75, 3.05) is 26.4 Å². The van der Waals surface area contributed by atoms with E-state index >= 15 is 0 Å². The Bertz CT molecular complexity index is 1400. The number of benzene rings is 3. The largest absolute Gasteiger partial charge is 0.376 e. The summed E-state index contributed by atoms with van der Waals surface area (Å²) in [5.41, 5.74) is 3.18. The molecule has 7 nitrogen and oxygen atoms in total. The van der Waals surface area contributed by atoms with E-state index < -0.39 is 26.7 Å².